The van der Waals surface area contributed by atoms with Crippen LogP contribution in [0.15, 0.2) is 0 Å². The average Bonchev–Trinajstić information content (AvgIpc) is 2.30. The predicted octanol–water partition coefficient (Wildman–Crippen LogP) is 1.38. The largest absolute Gasteiger partial charge is 0.377 e. The van der Waals surface area contributed by atoms with Crippen LogP contribution in [-0.2, 0) is 4.74 Å². The SMILES string of the molecule is CCNC(C)(C#N)CN1CCCC(OCC)C1. The topological polar surface area (TPSA) is 48.3 Å². The molecule has 1 heterocycles. The normalized spacial score (nSPS) is 25.2. The van der Waals surface area contributed by atoms with Crippen molar-refractivity contribution in [3.05, 3.63) is 0 Å². The van der Waals surface area contributed by atoms with E-state index < -0.39 is 5.54 Å². The van der Waals surface area contributed by atoms with Crippen molar-refractivity contribution in [1.82, 2.24) is 10.2 Å². The maximum atomic E-state index is 9.25. The summed E-state index contributed by atoms with van der Waals surface area (Å²) in [5.41, 5.74) is -0.442. The van der Waals surface area contributed by atoms with Gasteiger partial charge in [-0.05, 0) is 39.8 Å². The van der Waals surface area contributed by atoms with E-state index >= 15 is 0 Å². The fraction of sp³-hybridized carbons (Fsp3) is 0.923. The Morgan fingerprint density at radius 3 is 2.88 bits per heavy atom. The summed E-state index contributed by atoms with van der Waals surface area (Å²) < 4.78 is 5.68. The highest BCUT2D eigenvalue weighted by Crippen LogP contribution is 2.16. The molecule has 1 saturated heterocycles. The second kappa shape index (κ2) is 6.95. The predicted molar refractivity (Wildman–Crippen MR) is 68.8 cm³/mol. The van der Waals surface area contributed by atoms with Crippen molar-refractivity contribution in [2.24, 2.45) is 0 Å². The molecule has 1 rings (SSSR count). The Labute approximate surface area is 105 Å². The van der Waals surface area contributed by atoms with Gasteiger partial charge in [0, 0.05) is 19.7 Å². The van der Waals surface area contributed by atoms with Crippen molar-refractivity contribution in [2.75, 3.05) is 32.8 Å². The van der Waals surface area contributed by atoms with E-state index in [0.29, 0.717) is 6.10 Å². The molecule has 2 atom stereocenters. The van der Waals surface area contributed by atoms with E-state index in [2.05, 4.69) is 16.3 Å². The average molecular weight is 239 g/mol. The number of hydrogen-bond donors (Lipinski definition) is 1. The number of likely N-dealkylation sites (tertiary alicyclic amines) is 1. The van der Waals surface area contributed by atoms with Crippen molar-refractivity contribution in [2.45, 2.75) is 45.3 Å². The van der Waals surface area contributed by atoms with E-state index in [9.17, 15) is 5.26 Å². The fourth-order valence-corrected chi connectivity index (χ4v) is 2.50. The first-order valence-electron chi connectivity index (χ1n) is 6.63. The van der Waals surface area contributed by atoms with Gasteiger partial charge < -0.3 is 4.74 Å². The summed E-state index contributed by atoms with van der Waals surface area (Å²) in [5.74, 6) is 0. The third-order valence-corrected chi connectivity index (χ3v) is 3.22. The first-order chi connectivity index (χ1) is 8.13. The van der Waals surface area contributed by atoms with Gasteiger partial charge in [-0.1, -0.05) is 6.92 Å². The van der Waals surface area contributed by atoms with E-state index in [1.807, 2.05) is 20.8 Å². The Bertz CT molecular complexity index is 262. The molecule has 0 radical (unpaired) electrons. The summed E-state index contributed by atoms with van der Waals surface area (Å²) >= 11 is 0. The number of nitrogens with one attached hydrogen (secondary N) is 1. The molecule has 1 aliphatic rings. The van der Waals surface area contributed by atoms with Gasteiger partial charge >= 0.3 is 0 Å². The maximum Gasteiger partial charge on any atom is 0.116 e. The standard InChI is InChI=1S/C13H25N3O/c1-4-15-13(3,10-14)11-16-8-6-7-12(9-16)17-5-2/h12,15H,4-9,11H2,1-3H3. The lowest BCUT2D eigenvalue weighted by atomic mass is 10.0. The minimum absolute atomic E-state index is 0.346. The number of nitriles is 1. The molecule has 2 unspecified atom stereocenters. The zero-order valence-electron chi connectivity index (χ0n) is 11.3. The van der Waals surface area contributed by atoms with Crippen LogP contribution in [0.25, 0.3) is 0 Å². The van der Waals surface area contributed by atoms with Gasteiger partial charge in [-0.3, -0.25) is 10.2 Å². The molecule has 1 aliphatic heterocycles. The number of piperidine rings is 1. The van der Waals surface area contributed by atoms with Crippen LogP contribution in [0.3, 0.4) is 0 Å². The fourth-order valence-electron chi connectivity index (χ4n) is 2.50. The summed E-state index contributed by atoms with van der Waals surface area (Å²) in [6.45, 7) is 10.5. The molecule has 98 valence electrons. The van der Waals surface area contributed by atoms with E-state index in [4.69, 9.17) is 4.74 Å². The molecule has 0 aromatic heterocycles. The van der Waals surface area contributed by atoms with Crippen LogP contribution in [0.2, 0.25) is 0 Å². The molecule has 1 N–H and O–H groups in total. The molecule has 0 saturated carbocycles. The molecule has 17 heavy (non-hydrogen) atoms. The number of likely N-dealkylation sites (N-methyl/N-ethyl adjacent to an activating group) is 1. The molecule has 0 spiro atoms. The number of rotatable bonds is 6. The Balaban J connectivity index is 2.47. The van der Waals surface area contributed by atoms with Crippen molar-refractivity contribution in [3.8, 4) is 6.07 Å². The van der Waals surface area contributed by atoms with Gasteiger partial charge in [0.05, 0.1) is 12.2 Å². The van der Waals surface area contributed by atoms with Crippen molar-refractivity contribution >= 4 is 0 Å². The molecule has 0 aromatic carbocycles. The highest BCUT2D eigenvalue weighted by molar-refractivity contribution is 5.06. The van der Waals surface area contributed by atoms with Gasteiger partial charge in [-0.25, -0.2) is 0 Å². The van der Waals surface area contributed by atoms with E-state index in [1.165, 1.54) is 0 Å². The second-order valence-electron chi connectivity index (χ2n) is 4.93. The minimum Gasteiger partial charge on any atom is -0.377 e. The van der Waals surface area contributed by atoms with Gasteiger partial charge in [-0.15, -0.1) is 0 Å². The molecule has 1 fully saturated rings. The van der Waals surface area contributed by atoms with Gasteiger partial charge in [0.25, 0.3) is 0 Å². The van der Waals surface area contributed by atoms with Gasteiger partial charge in [0.15, 0.2) is 0 Å². The van der Waals surface area contributed by atoms with Crippen LogP contribution < -0.4 is 5.32 Å². The Morgan fingerprint density at radius 1 is 1.53 bits per heavy atom. The van der Waals surface area contributed by atoms with Crippen molar-refractivity contribution in [1.29, 1.82) is 5.26 Å². The lowest BCUT2D eigenvalue weighted by Crippen LogP contribution is -2.53. The highest BCUT2D eigenvalue weighted by atomic mass is 16.5. The number of hydrogen-bond acceptors (Lipinski definition) is 4. The van der Waals surface area contributed by atoms with Crippen LogP contribution >= 0.6 is 0 Å². The van der Waals surface area contributed by atoms with Gasteiger partial charge in [0.2, 0.25) is 0 Å². The molecule has 0 aliphatic carbocycles. The third-order valence-electron chi connectivity index (χ3n) is 3.22. The van der Waals surface area contributed by atoms with E-state index in [0.717, 1.165) is 45.6 Å². The number of nitrogens with zero attached hydrogens (tertiary/aromatic N) is 2. The van der Waals surface area contributed by atoms with Crippen molar-refractivity contribution < 1.29 is 4.74 Å². The Kier molecular flexibility index (Phi) is 5.90. The van der Waals surface area contributed by atoms with Crippen molar-refractivity contribution in [3.63, 3.8) is 0 Å². The summed E-state index contributed by atoms with van der Waals surface area (Å²) in [4.78, 5) is 2.34. The third kappa shape index (κ3) is 4.63. The molecule has 0 aromatic rings. The quantitative estimate of drug-likeness (QED) is 0.761. The van der Waals surface area contributed by atoms with E-state index in [-0.39, 0.29) is 0 Å². The summed E-state index contributed by atoms with van der Waals surface area (Å²) in [7, 11) is 0. The Morgan fingerprint density at radius 2 is 2.29 bits per heavy atom. The van der Waals surface area contributed by atoms with Crippen LogP contribution in [0, 0.1) is 11.3 Å². The molecule has 0 bridgehead atoms. The first-order valence-corrected chi connectivity index (χ1v) is 6.63. The summed E-state index contributed by atoms with van der Waals surface area (Å²) in [6, 6.07) is 2.38. The number of ether oxygens (including phenoxy) is 1. The van der Waals surface area contributed by atoms with Crippen LogP contribution in [0.1, 0.15) is 33.6 Å². The zero-order chi connectivity index (χ0) is 12.7. The van der Waals surface area contributed by atoms with Crippen LogP contribution in [0.5, 0.6) is 0 Å². The van der Waals surface area contributed by atoms with Gasteiger partial charge in [0.1, 0.15) is 5.54 Å². The molecule has 4 nitrogen and oxygen atoms in total. The summed E-state index contributed by atoms with van der Waals surface area (Å²) in [5, 5.41) is 12.5. The van der Waals surface area contributed by atoms with E-state index in [1.54, 1.807) is 0 Å². The lowest BCUT2D eigenvalue weighted by molar-refractivity contribution is 0.00163. The smallest absolute Gasteiger partial charge is 0.116 e. The highest BCUT2D eigenvalue weighted by Gasteiger charge is 2.29. The maximum absolute atomic E-state index is 9.25. The monoisotopic (exact) mass is 239 g/mol. The molecule has 4 heteroatoms. The lowest BCUT2D eigenvalue weighted by Gasteiger charge is -2.36. The molecular weight excluding hydrogens is 214 g/mol. The molecular formula is C13H25N3O. The second-order valence-corrected chi connectivity index (χ2v) is 4.93. The van der Waals surface area contributed by atoms with Crippen LogP contribution in [0.4, 0.5) is 0 Å². The zero-order valence-corrected chi connectivity index (χ0v) is 11.3. The molecule has 0 amide bonds. The van der Waals surface area contributed by atoms with Crippen LogP contribution in [-0.4, -0.2) is 49.3 Å². The summed E-state index contributed by atoms with van der Waals surface area (Å²) in [6.07, 6.45) is 2.66. The van der Waals surface area contributed by atoms with Gasteiger partial charge in [-0.2, -0.15) is 5.26 Å². The minimum atomic E-state index is -0.442. The first kappa shape index (κ1) is 14.4. The Hall–Kier alpha value is -0.630.